The number of carboxylic acids is 3. The van der Waals surface area contributed by atoms with Crippen molar-refractivity contribution in [3.8, 4) is 0 Å². The number of carboxylic acid groups (broad SMARTS) is 3. The fourth-order valence-corrected chi connectivity index (χ4v) is 3.61. The van der Waals surface area contributed by atoms with Crippen molar-refractivity contribution in [1.29, 1.82) is 0 Å². The Kier molecular flexibility index (Phi) is 26.8. The third-order valence-corrected chi connectivity index (χ3v) is 6.32. The number of rotatable bonds is 6. The van der Waals surface area contributed by atoms with E-state index in [1.807, 2.05) is 0 Å². The first kappa shape index (κ1) is 50.5. The summed E-state index contributed by atoms with van der Waals surface area (Å²) in [4.78, 5) is 71.8. The summed E-state index contributed by atoms with van der Waals surface area (Å²) < 4.78 is 0. The van der Waals surface area contributed by atoms with Gasteiger partial charge in [0.2, 0.25) is 0 Å². The van der Waals surface area contributed by atoms with Crippen LogP contribution < -0.4 is 15.8 Å². The van der Waals surface area contributed by atoms with Gasteiger partial charge in [0.05, 0.1) is 33.4 Å². The topological polar surface area (TPSA) is 260 Å². The molecule has 0 atom stereocenters. The largest absolute Gasteiger partial charge is 3.00 e. The molecule has 0 radical (unpaired) electrons. The summed E-state index contributed by atoms with van der Waals surface area (Å²) in [5, 5.41) is 53.9. The maximum atomic E-state index is 10.5. The zero-order valence-corrected chi connectivity index (χ0v) is 30.9. The van der Waals surface area contributed by atoms with Gasteiger partial charge in [-0.1, -0.05) is 109 Å². The molecule has 0 heterocycles. The van der Waals surface area contributed by atoms with Gasteiger partial charge in [0.1, 0.15) is 0 Å². The molecule has 0 saturated heterocycles. The average molecular weight is 837 g/mol. The van der Waals surface area contributed by atoms with Crippen molar-refractivity contribution >= 4 is 35.8 Å². The molecule has 0 aliphatic heterocycles. The molecule has 0 saturated carbocycles. The van der Waals surface area contributed by atoms with E-state index in [1.165, 1.54) is 36.4 Å². The van der Waals surface area contributed by atoms with Gasteiger partial charge in [-0.15, -0.1) is 0 Å². The normalized spacial score (nSPS) is 8.74. The van der Waals surface area contributed by atoms with Crippen molar-refractivity contribution in [3.05, 3.63) is 215 Å². The van der Waals surface area contributed by atoms with Gasteiger partial charge in [0.25, 0.3) is 0 Å². The predicted octanol–water partition coefficient (Wildman–Crippen LogP) is 4.51. The second-order valence-electron chi connectivity index (χ2n) is 10.2. The van der Waals surface area contributed by atoms with E-state index in [1.54, 1.807) is 146 Å². The van der Waals surface area contributed by atoms with Crippen molar-refractivity contribution in [2.75, 3.05) is 0 Å². The number of hydrogen-bond donors (Lipinski definition) is 3. The zero-order valence-electron chi connectivity index (χ0n) is 29.9. The van der Waals surface area contributed by atoms with Gasteiger partial charge in [-0.2, -0.15) is 0 Å². The van der Waals surface area contributed by atoms with Crippen molar-refractivity contribution in [3.63, 3.8) is 0 Å². The van der Waals surface area contributed by atoms with Crippen molar-refractivity contribution < 1.29 is 91.3 Å². The van der Waals surface area contributed by atoms with E-state index in [0.717, 1.165) is 0 Å². The first-order valence-corrected chi connectivity index (χ1v) is 16.0. The molecule has 0 aromatic heterocycles. The van der Waals surface area contributed by atoms with E-state index in [4.69, 9.17) is 15.3 Å². The Labute approximate surface area is 341 Å². The number of carbonyl (C=O) groups is 6. The van der Waals surface area contributed by atoms with Crippen LogP contribution in [0.25, 0.3) is 0 Å². The minimum Gasteiger partial charge on any atom is -0.661 e. The fraction of sp³-hybridized carbons (Fsp3) is 0. The molecule has 6 rings (SSSR count). The molecular weight excluding hydrogens is 803 g/mol. The molecule has 0 unspecified atom stereocenters. The van der Waals surface area contributed by atoms with E-state index in [2.05, 4.69) is 14.7 Å². The Hall–Kier alpha value is -7.47. The third-order valence-electron chi connectivity index (χ3n) is 6.32. The van der Waals surface area contributed by atoms with E-state index >= 15 is 0 Å². The van der Waals surface area contributed by atoms with Crippen molar-refractivity contribution in [1.82, 2.24) is 0 Å². The third kappa shape index (κ3) is 22.0. The molecule has 0 bridgehead atoms. The van der Waals surface area contributed by atoms with Crippen LogP contribution in [0.1, 0.15) is 62.1 Å². The molecule has 0 aliphatic carbocycles. The molecule has 6 aromatic rings. The molecule has 3 N–H and O–H groups in total. The monoisotopic (exact) mass is 836 g/mol. The van der Waals surface area contributed by atoms with Gasteiger partial charge in [-0.25, -0.2) is 28.8 Å². The van der Waals surface area contributed by atoms with Gasteiger partial charge < -0.3 is 45.8 Å². The maximum Gasteiger partial charge on any atom is 3.00 e. The second kappa shape index (κ2) is 30.8. The van der Waals surface area contributed by atoms with Gasteiger partial charge in [0.15, 0.2) is 0 Å². The van der Waals surface area contributed by atoms with Crippen LogP contribution in [0.15, 0.2) is 182 Å². The van der Waals surface area contributed by atoms with Crippen molar-refractivity contribution in [2.45, 2.75) is 0 Å². The number of carbonyl (C=O) groups excluding carboxylic acids is 3. The molecular formula is C42H33CoO15. The minimum atomic E-state index is -0.879. The van der Waals surface area contributed by atoms with E-state index in [9.17, 15) is 44.5 Å². The maximum absolute atomic E-state index is 10.5. The molecule has 0 fully saturated rings. The Morgan fingerprint density at radius 2 is 0.431 bits per heavy atom. The van der Waals surface area contributed by atoms with E-state index < -0.39 is 35.8 Å². The summed E-state index contributed by atoms with van der Waals surface area (Å²) >= 11 is 0. The fourth-order valence-electron chi connectivity index (χ4n) is 3.61. The molecule has 16 heteroatoms. The van der Waals surface area contributed by atoms with Gasteiger partial charge in [0, 0.05) is 0 Å². The molecule has 15 nitrogen and oxygen atoms in total. The summed E-state index contributed by atoms with van der Waals surface area (Å²) in [6, 6.07) is 49.2. The smallest absolute Gasteiger partial charge is 0.661 e. The van der Waals surface area contributed by atoms with Crippen LogP contribution in [0.2, 0.25) is 0 Å². The van der Waals surface area contributed by atoms with Gasteiger partial charge >= 0.3 is 52.6 Å². The summed E-state index contributed by atoms with van der Waals surface area (Å²) in [7, 11) is 0. The van der Waals surface area contributed by atoms with Crippen molar-refractivity contribution in [2.24, 2.45) is 0 Å². The van der Waals surface area contributed by atoms with Crippen LogP contribution in [0.5, 0.6) is 0 Å². The first-order chi connectivity index (χ1) is 27.4. The summed E-state index contributed by atoms with van der Waals surface area (Å²) in [6.07, 6.45) is 0. The first-order valence-electron chi connectivity index (χ1n) is 16.0. The molecule has 58 heavy (non-hydrogen) atoms. The molecule has 0 aliphatic rings. The number of aromatic carboxylic acids is 3. The Balaban J connectivity index is 0.000000670. The van der Waals surface area contributed by atoms with Crippen LogP contribution in [-0.2, 0) is 31.4 Å². The molecule has 6 aromatic carbocycles. The molecule has 0 amide bonds. The van der Waals surface area contributed by atoms with Gasteiger partial charge in [-0.05, 0) is 72.8 Å². The summed E-state index contributed by atoms with van der Waals surface area (Å²) in [5.74, 6) is -5.18. The number of benzene rings is 6. The SMILES string of the molecule is O=C(O)c1ccccc1.O=C(O)c1ccccc1.O=C(O)c1ccccc1.O=C(O[O-])c1ccccc1.O=C(O[O-])c1ccccc1.O=C(O[O-])c1ccccc1.[Co+3]. The quantitative estimate of drug-likeness (QED) is 0.154. The summed E-state index contributed by atoms with van der Waals surface area (Å²) in [5.41, 5.74) is 1.82. The average Bonchev–Trinajstić information content (AvgIpc) is 3.28. The van der Waals surface area contributed by atoms with Crippen LogP contribution >= 0.6 is 0 Å². The number of hydrogen-bond acceptors (Lipinski definition) is 12. The standard InChI is InChI=1S/3C7H6O3.3C7H6O2.Co/c3*8-7(10-9)6-4-2-1-3-5-6;3*8-7(9)6-4-2-1-3-5-6;/h3*1-5,9H;3*1-5H,(H,8,9);/q;;;;;;+3/p-3. The Morgan fingerprint density at radius 3 is 0.534 bits per heavy atom. The Bertz CT molecular complexity index is 1810. The van der Waals surface area contributed by atoms with Crippen LogP contribution in [0, 0.1) is 0 Å². The molecule has 0 spiro atoms. The summed E-state index contributed by atoms with van der Waals surface area (Å²) in [6.45, 7) is 0. The second-order valence-corrected chi connectivity index (χ2v) is 10.2. The Morgan fingerprint density at radius 1 is 0.293 bits per heavy atom. The van der Waals surface area contributed by atoms with Crippen LogP contribution in [0.3, 0.4) is 0 Å². The van der Waals surface area contributed by atoms with E-state index in [-0.39, 0.29) is 33.5 Å². The van der Waals surface area contributed by atoms with Crippen LogP contribution in [-0.4, -0.2) is 51.1 Å². The zero-order chi connectivity index (χ0) is 42.3. The minimum absolute atomic E-state index is 0. The van der Waals surface area contributed by atoms with Crippen LogP contribution in [0.4, 0.5) is 0 Å². The molecule has 300 valence electrons. The predicted molar refractivity (Wildman–Crippen MR) is 196 cm³/mol. The van der Waals surface area contributed by atoms with E-state index in [0.29, 0.717) is 16.7 Å². The van der Waals surface area contributed by atoms with Gasteiger partial charge in [-0.3, -0.25) is 0 Å².